The summed E-state index contributed by atoms with van der Waals surface area (Å²) in [6.07, 6.45) is 7.28. The van der Waals surface area contributed by atoms with E-state index >= 15 is 0 Å². The van der Waals surface area contributed by atoms with E-state index in [0.29, 0.717) is 45.8 Å². The van der Waals surface area contributed by atoms with Crippen molar-refractivity contribution < 1.29 is 28.5 Å². The normalized spacial score (nSPS) is 24.5. The second kappa shape index (κ2) is 13.8. The molecule has 0 radical (unpaired) electrons. The van der Waals surface area contributed by atoms with Crippen molar-refractivity contribution >= 4 is 11.8 Å². The molecule has 4 aliphatic heterocycles. The Bertz CT molecular complexity index is 1580. The van der Waals surface area contributed by atoms with Gasteiger partial charge in [0.1, 0.15) is 0 Å². The fraction of sp³-hybridized carbons (Fsp3) is 0.514. The van der Waals surface area contributed by atoms with Crippen LogP contribution in [0.2, 0.25) is 0 Å². The Kier molecular flexibility index (Phi) is 9.75. The summed E-state index contributed by atoms with van der Waals surface area (Å²) in [5, 5.41) is 5.88. The van der Waals surface area contributed by atoms with Crippen LogP contribution in [0.3, 0.4) is 0 Å². The molecule has 47 heavy (non-hydrogen) atoms. The molecule has 2 aromatic heterocycles. The first-order chi connectivity index (χ1) is 22.7. The fourth-order valence-electron chi connectivity index (χ4n) is 7.67. The summed E-state index contributed by atoms with van der Waals surface area (Å²) in [4.78, 5) is 33.5. The molecule has 0 aliphatic carbocycles. The molecule has 3 aromatic rings. The van der Waals surface area contributed by atoms with Crippen LogP contribution >= 0.6 is 0 Å². The number of pyridine rings is 2. The fourth-order valence-corrected chi connectivity index (χ4v) is 7.67. The molecule has 2 N–H and O–H groups in total. The van der Waals surface area contributed by atoms with Crippen LogP contribution in [-0.2, 0) is 51.6 Å². The number of ether oxygens (including phenoxy) is 4. The molecule has 6 heterocycles. The zero-order valence-electron chi connectivity index (χ0n) is 27.9. The maximum absolute atomic E-state index is 12.5. The molecule has 7 rings (SSSR count). The van der Waals surface area contributed by atoms with Gasteiger partial charge in [-0.3, -0.25) is 19.6 Å². The first kappa shape index (κ1) is 33.2. The minimum Gasteiger partial charge on any atom is -0.374 e. The third-order valence-corrected chi connectivity index (χ3v) is 10.3. The number of benzene rings is 1. The van der Waals surface area contributed by atoms with Gasteiger partial charge in [-0.2, -0.15) is 0 Å². The van der Waals surface area contributed by atoms with E-state index in [4.69, 9.17) is 23.9 Å². The highest BCUT2D eigenvalue weighted by atomic mass is 16.6. The van der Waals surface area contributed by atoms with Gasteiger partial charge in [0.05, 0.1) is 37.8 Å². The van der Waals surface area contributed by atoms with Crippen LogP contribution in [0.25, 0.3) is 0 Å². The number of nitrogens with zero attached hydrogens (tertiary/aromatic N) is 2. The summed E-state index contributed by atoms with van der Waals surface area (Å²) in [5.74, 6) is 0.439. The lowest BCUT2D eigenvalue weighted by Crippen LogP contribution is -2.52. The molecule has 4 fully saturated rings. The zero-order valence-corrected chi connectivity index (χ0v) is 27.9. The minimum atomic E-state index is -0.515. The molecule has 2 amide bonds. The van der Waals surface area contributed by atoms with Crippen LogP contribution < -0.4 is 10.6 Å². The van der Waals surface area contributed by atoms with Crippen LogP contribution in [0.15, 0.2) is 54.9 Å². The van der Waals surface area contributed by atoms with Crippen LogP contribution in [0.1, 0.15) is 70.8 Å². The van der Waals surface area contributed by atoms with E-state index in [9.17, 15) is 9.59 Å². The summed E-state index contributed by atoms with van der Waals surface area (Å²) >= 11 is 0. The van der Waals surface area contributed by atoms with Gasteiger partial charge in [0, 0.05) is 58.0 Å². The van der Waals surface area contributed by atoms with Gasteiger partial charge in [-0.25, -0.2) is 0 Å². The number of hydrogen-bond donors (Lipinski definition) is 2. The Morgan fingerprint density at radius 3 is 2.02 bits per heavy atom. The Morgan fingerprint density at radius 1 is 0.809 bits per heavy atom. The Hall–Kier alpha value is -3.70. The molecule has 2 atom stereocenters. The van der Waals surface area contributed by atoms with Crippen LogP contribution in [0.4, 0.5) is 0 Å². The Balaban J connectivity index is 0.000000172. The average molecular weight is 643 g/mol. The quantitative estimate of drug-likeness (QED) is 0.380. The molecule has 1 aromatic carbocycles. The maximum Gasteiger partial charge on any atom is 0.220 e. The summed E-state index contributed by atoms with van der Waals surface area (Å²) in [7, 11) is 3.41. The molecule has 4 saturated heterocycles. The summed E-state index contributed by atoms with van der Waals surface area (Å²) in [6.45, 7) is 7.67. The van der Waals surface area contributed by atoms with Crippen molar-refractivity contribution in [2.45, 2.75) is 68.5 Å². The van der Waals surface area contributed by atoms with Crippen LogP contribution in [0, 0.1) is 13.8 Å². The maximum atomic E-state index is 12.5. The molecule has 10 heteroatoms. The van der Waals surface area contributed by atoms with Gasteiger partial charge in [0.25, 0.3) is 0 Å². The van der Waals surface area contributed by atoms with Crippen molar-refractivity contribution in [1.29, 1.82) is 0 Å². The lowest BCUT2D eigenvalue weighted by Gasteiger charge is -2.45. The SMILES string of the molecule is COC1(c2nccc(C)c2C2(Cc3ccccc3)CCNC(=O)C2)COC1.COC1(c2nccc(C)c2C2CCNC(=O)C2)COC1. The van der Waals surface area contributed by atoms with Crippen molar-refractivity contribution in [3.63, 3.8) is 0 Å². The molecule has 4 aliphatic rings. The highest BCUT2D eigenvalue weighted by Crippen LogP contribution is 2.45. The van der Waals surface area contributed by atoms with E-state index in [1.807, 2.05) is 30.6 Å². The summed E-state index contributed by atoms with van der Waals surface area (Å²) < 4.78 is 22.4. The van der Waals surface area contributed by atoms with E-state index in [1.54, 1.807) is 14.2 Å². The molecule has 0 saturated carbocycles. The van der Waals surface area contributed by atoms with Crippen LogP contribution in [-0.4, -0.2) is 75.5 Å². The lowest BCUT2D eigenvalue weighted by atomic mass is 9.65. The molecular formula is C37H46N4O6. The number of methoxy groups -OCH3 is 2. The first-order valence-electron chi connectivity index (χ1n) is 16.5. The smallest absolute Gasteiger partial charge is 0.220 e. The summed E-state index contributed by atoms with van der Waals surface area (Å²) in [5.41, 5.74) is 6.55. The number of aryl methyl sites for hydroxylation is 2. The third kappa shape index (κ3) is 6.44. The van der Waals surface area contributed by atoms with Gasteiger partial charge < -0.3 is 29.6 Å². The summed E-state index contributed by atoms with van der Waals surface area (Å²) in [6, 6.07) is 14.5. The highest BCUT2D eigenvalue weighted by Gasteiger charge is 2.49. The number of rotatable bonds is 8. The number of piperidine rings is 2. The Morgan fingerprint density at radius 2 is 1.43 bits per heavy atom. The standard InChI is InChI=1S/C22H26N2O3.C15H20N2O3/c1-16-8-10-24-20(22(26-2)14-27-15-22)19(16)21(9-11-23-18(25)13-21)12-17-6-4-3-5-7-17;1-10-3-5-17-14(15(19-2)8-20-9-15)13(10)11-4-6-16-12(18)7-11/h3-8,10H,9,11-15H2,1-2H3,(H,23,25);3,5,11H,4,6-9H2,1-2H3,(H,16,18). The van der Waals surface area contributed by atoms with Gasteiger partial charge in [0.15, 0.2) is 11.2 Å². The van der Waals surface area contributed by atoms with E-state index in [2.05, 4.69) is 53.7 Å². The molecule has 0 spiro atoms. The average Bonchev–Trinajstić information content (AvgIpc) is 3.01. The second-order valence-corrected chi connectivity index (χ2v) is 13.4. The third-order valence-electron chi connectivity index (χ3n) is 10.3. The first-order valence-corrected chi connectivity index (χ1v) is 16.5. The van der Waals surface area contributed by atoms with E-state index in [-0.39, 0.29) is 23.1 Å². The van der Waals surface area contributed by atoms with Gasteiger partial charge in [-0.05, 0) is 79.0 Å². The number of nitrogens with one attached hydrogen (secondary N) is 2. The van der Waals surface area contributed by atoms with Gasteiger partial charge in [-0.15, -0.1) is 0 Å². The lowest BCUT2D eigenvalue weighted by molar-refractivity contribution is -0.205. The van der Waals surface area contributed by atoms with Crippen molar-refractivity contribution in [3.8, 4) is 0 Å². The van der Waals surface area contributed by atoms with Crippen molar-refractivity contribution in [3.05, 3.63) is 94.1 Å². The molecule has 10 nitrogen and oxygen atoms in total. The topological polar surface area (TPSA) is 121 Å². The van der Waals surface area contributed by atoms with Gasteiger partial charge >= 0.3 is 0 Å². The highest BCUT2D eigenvalue weighted by molar-refractivity contribution is 5.79. The molecule has 250 valence electrons. The van der Waals surface area contributed by atoms with Crippen molar-refractivity contribution in [1.82, 2.24) is 20.6 Å². The molecular weight excluding hydrogens is 596 g/mol. The number of carbonyl (C=O) groups is 2. The van der Waals surface area contributed by atoms with Gasteiger partial charge in [0.2, 0.25) is 11.8 Å². The number of carbonyl (C=O) groups excluding carboxylic acids is 2. The second-order valence-electron chi connectivity index (χ2n) is 13.4. The van der Waals surface area contributed by atoms with Crippen molar-refractivity contribution in [2.75, 3.05) is 53.7 Å². The molecule has 0 bridgehead atoms. The van der Waals surface area contributed by atoms with E-state index in [1.165, 1.54) is 16.7 Å². The molecule has 2 unspecified atom stereocenters. The van der Waals surface area contributed by atoms with E-state index < -0.39 is 11.2 Å². The largest absolute Gasteiger partial charge is 0.374 e. The number of amides is 2. The predicted molar refractivity (Wildman–Crippen MR) is 176 cm³/mol. The number of hydrogen-bond acceptors (Lipinski definition) is 8. The van der Waals surface area contributed by atoms with E-state index in [0.717, 1.165) is 48.3 Å². The predicted octanol–water partition coefficient (Wildman–Crippen LogP) is 3.91. The van der Waals surface area contributed by atoms with Crippen molar-refractivity contribution in [2.24, 2.45) is 0 Å². The van der Waals surface area contributed by atoms with Gasteiger partial charge in [-0.1, -0.05) is 30.3 Å². The minimum absolute atomic E-state index is 0.0997. The number of aromatic nitrogens is 2. The Labute approximate surface area is 277 Å². The van der Waals surface area contributed by atoms with Crippen LogP contribution in [0.5, 0.6) is 0 Å². The monoisotopic (exact) mass is 642 g/mol. The zero-order chi connectivity index (χ0) is 33.1.